The molecule has 0 saturated carbocycles. The molecule has 94 valence electrons. The van der Waals surface area contributed by atoms with Gasteiger partial charge >= 0.3 is 0 Å². The zero-order valence-corrected chi connectivity index (χ0v) is 10.5. The van der Waals surface area contributed by atoms with Crippen LogP contribution in [0.3, 0.4) is 0 Å². The number of hydrogen-bond acceptors (Lipinski definition) is 1. The van der Waals surface area contributed by atoms with Gasteiger partial charge in [0.25, 0.3) is 6.08 Å². The van der Waals surface area contributed by atoms with Gasteiger partial charge < -0.3 is 0 Å². The molecule has 1 nitrogen and oxygen atoms in total. The van der Waals surface area contributed by atoms with Crippen molar-refractivity contribution in [1.29, 1.82) is 0 Å². The molecule has 0 spiro atoms. The largest absolute Gasteiger partial charge is 0.281 e. The van der Waals surface area contributed by atoms with E-state index in [1.54, 1.807) is 6.92 Å². The molecule has 0 aliphatic rings. The van der Waals surface area contributed by atoms with Gasteiger partial charge in [-0.2, -0.15) is 8.78 Å². The van der Waals surface area contributed by atoms with E-state index in [1.807, 2.05) is 0 Å². The fraction of sp³-hybridized carbons (Fsp3) is 0.750. The third kappa shape index (κ3) is 8.84. The van der Waals surface area contributed by atoms with Crippen molar-refractivity contribution in [1.82, 2.24) is 0 Å². The summed E-state index contributed by atoms with van der Waals surface area (Å²) in [5, 5.41) is -0.296. The summed E-state index contributed by atoms with van der Waals surface area (Å²) in [6.07, 6.45) is 4.29. The highest BCUT2D eigenvalue weighted by atomic mass is 35.5. The minimum Gasteiger partial charge on any atom is -0.281 e. The Morgan fingerprint density at radius 2 is 1.50 bits per heavy atom. The van der Waals surface area contributed by atoms with Crippen molar-refractivity contribution in [2.24, 2.45) is 0 Å². The molecule has 0 heterocycles. The van der Waals surface area contributed by atoms with Crippen LogP contribution in [-0.4, -0.2) is 5.24 Å². The maximum atomic E-state index is 12.2. The van der Waals surface area contributed by atoms with Crippen molar-refractivity contribution in [3.05, 3.63) is 11.7 Å². The highest BCUT2D eigenvalue weighted by Gasteiger charge is 2.03. The smallest absolute Gasteiger partial charge is 0.269 e. The van der Waals surface area contributed by atoms with E-state index in [1.165, 1.54) is 0 Å². The lowest BCUT2D eigenvalue weighted by Gasteiger charge is -2.03. The van der Waals surface area contributed by atoms with Gasteiger partial charge in [-0.05, 0) is 42.9 Å². The van der Waals surface area contributed by atoms with E-state index in [0.29, 0.717) is 19.3 Å². The fourth-order valence-corrected chi connectivity index (χ4v) is 1.67. The van der Waals surface area contributed by atoms with Crippen LogP contribution < -0.4 is 0 Å². The van der Waals surface area contributed by atoms with Gasteiger partial charge in [0, 0.05) is 6.42 Å². The molecule has 4 heteroatoms. The van der Waals surface area contributed by atoms with Gasteiger partial charge in [-0.15, -0.1) is 0 Å². The van der Waals surface area contributed by atoms with Crippen molar-refractivity contribution in [2.75, 3.05) is 0 Å². The molecule has 0 aromatic rings. The molecule has 0 radical (unpaired) electrons. The van der Waals surface area contributed by atoms with Gasteiger partial charge in [-0.1, -0.05) is 26.2 Å². The van der Waals surface area contributed by atoms with Crippen LogP contribution in [0.1, 0.15) is 58.3 Å². The molecule has 0 aliphatic heterocycles. The Labute approximate surface area is 101 Å². The Morgan fingerprint density at radius 1 is 1.00 bits per heavy atom. The van der Waals surface area contributed by atoms with E-state index in [-0.39, 0.29) is 10.8 Å². The molecule has 0 fully saturated rings. The molecule has 0 amide bonds. The quantitative estimate of drug-likeness (QED) is 0.415. The lowest BCUT2D eigenvalue weighted by atomic mass is 10.0. The summed E-state index contributed by atoms with van der Waals surface area (Å²) < 4.78 is 24.5. The lowest BCUT2D eigenvalue weighted by molar-refractivity contribution is -0.111. The van der Waals surface area contributed by atoms with Crippen LogP contribution in [0.15, 0.2) is 11.7 Å². The predicted molar refractivity (Wildman–Crippen MR) is 62.7 cm³/mol. The van der Waals surface area contributed by atoms with Crippen LogP contribution >= 0.6 is 11.6 Å². The van der Waals surface area contributed by atoms with E-state index in [0.717, 1.165) is 32.1 Å². The lowest BCUT2D eigenvalue weighted by Crippen LogP contribution is -1.88. The monoisotopic (exact) mass is 252 g/mol. The molecule has 16 heavy (non-hydrogen) atoms. The van der Waals surface area contributed by atoms with E-state index in [9.17, 15) is 13.6 Å². The molecular weight excluding hydrogens is 234 g/mol. The summed E-state index contributed by atoms with van der Waals surface area (Å²) in [7, 11) is 0. The average Bonchev–Trinajstić information content (AvgIpc) is 2.21. The van der Waals surface area contributed by atoms with E-state index in [4.69, 9.17) is 11.6 Å². The molecule has 0 aliphatic carbocycles. The molecule has 0 N–H and O–H groups in total. The number of carbonyl (C=O) groups excluding carboxylic acids is 1. The normalized spacial score (nSPS) is 10.2. The van der Waals surface area contributed by atoms with E-state index in [2.05, 4.69) is 0 Å². The van der Waals surface area contributed by atoms with E-state index < -0.39 is 6.08 Å². The first-order valence-corrected chi connectivity index (χ1v) is 6.17. The van der Waals surface area contributed by atoms with Gasteiger partial charge in [0.2, 0.25) is 5.24 Å². The number of carbonyl (C=O) groups is 1. The van der Waals surface area contributed by atoms with Crippen molar-refractivity contribution in [3.63, 3.8) is 0 Å². The Bertz CT molecular complexity index is 235. The Hall–Kier alpha value is -0.440. The highest BCUT2D eigenvalue weighted by Crippen LogP contribution is 2.19. The van der Waals surface area contributed by atoms with Crippen LogP contribution in [0.5, 0.6) is 0 Å². The first-order valence-electron chi connectivity index (χ1n) is 5.79. The maximum Gasteiger partial charge on any atom is 0.269 e. The van der Waals surface area contributed by atoms with Crippen LogP contribution in [0, 0.1) is 0 Å². The van der Waals surface area contributed by atoms with Gasteiger partial charge in [-0.25, -0.2) is 0 Å². The number of rotatable bonds is 9. The number of halogens is 3. The van der Waals surface area contributed by atoms with Crippen LogP contribution in [-0.2, 0) is 4.79 Å². The second kappa shape index (κ2) is 9.76. The van der Waals surface area contributed by atoms with Crippen LogP contribution in [0.25, 0.3) is 0 Å². The molecule has 0 aromatic heterocycles. The Kier molecular flexibility index (Phi) is 9.49. The van der Waals surface area contributed by atoms with Gasteiger partial charge in [0.1, 0.15) is 0 Å². The highest BCUT2D eigenvalue weighted by molar-refractivity contribution is 6.63. The molecule has 0 rings (SSSR count). The van der Waals surface area contributed by atoms with Crippen molar-refractivity contribution >= 4 is 16.8 Å². The number of allylic oxidation sites excluding steroid dienone is 1. The molecule has 0 atom stereocenters. The van der Waals surface area contributed by atoms with Crippen LogP contribution in [0.4, 0.5) is 8.78 Å². The fourth-order valence-electron chi connectivity index (χ4n) is 1.54. The van der Waals surface area contributed by atoms with Crippen molar-refractivity contribution < 1.29 is 13.6 Å². The first kappa shape index (κ1) is 15.6. The maximum absolute atomic E-state index is 12.2. The van der Waals surface area contributed by atoms with Gasteiger partial charge in [0.05, 0.1) is 0 Å². The summed E-state index contributed by atoms with van der Waals surface area (Å²) in [5.41, 5.74) is 0.274. The zero-order chi connectivity index (χ0) is 12.4. The van der Waals surface area contributed by atoms with E-state index >= 15 is 0 Å². The zero-order valence-electron chi connectivity index (χ0n) is 9.70. The topological polar surface area (TPSA) is 17.1 Å². The molecular formula is C12H19ClF2O. The number of hydrogen-bond donors (Lipinski definition) is 0. The second-order valence-electron chi connectivity index (χ2n) is 3.84. The van der Waals surface area contributed by atoms with Crippen molar-refractivity contribution in [2.45, 2.75) is 58.3 Å². The third-order valence-corrected chi connectivity index (χ3v) is 2.73. The van der Waals surface area contributed by atoms with Crippen molar-refractivity contribution in [3.8, 4) is 0 Å². The summed E-state index contributed by atoms with van der Waals surface area (Å²) in [6.45, 7) is 1.75. The predicted octanol–water partition coefficient (Wildman–Crippen LogP) is 5.04. The second-order valence-corrected chi connectivity index (χ2v) is 4.26. The summed E-state index contributed by atoms with van der Waals surface area (Å²) >= 11 is 5.18. The Morgan fingerprint density at radius 3 is 1.94 bits per heavy atom. The average molecular weight is 253 g/mol. The standard InChI is InChI=1S/C12H19ClF2O/c1-2-10(12(14)15)8-6-4-3-5-7-9-11(13)16/h2-9H2,1H3. The van der Waals surface area contributed by atoms with Gasteiger partial charge in [-0.3, -0.25) is 4.79 Å². The third-order valence-electron chi connectivity index (χ3n) is 2.55. The minimum atomic E-state index is -1.52. The van der Waals surface area contributed by atoms with Crippen LogP contribution in [0.2, 0.25) is 0 Å². The minimum absolute atomic E-state index is 0.274. The number of unbranched alkanes of at least 4 members (excludes halogenated alkanes) is 4. The first-order chi connectivity index (χ1) is 7.57. The SMILES string of the molecule is CCC(CCCCCCCC(=O)Cl)=C(F)F. The summed E-state index contributed by atoms with van der Waals surface area (Å²) in [6, 6.07) is 0. The molecule has 0 unspecified atom stereocenters. The molecule has 0 saturated heterocycles. The van der Waals surface area contributed by atoms with Gasteiger partial charge in [0.15, 0.2) is 0 Å². The molecule has 0 aromatic carbocycles. The molecule has 0 bridgehead atoms. The Balaban J connectivity index is 3.40. The summed E-state index contributed by atoms with van der Waals surface area (Å²) in [5.74, 6) is 0. The summed E-state index contributed by atoms with van der Waals surface area (Å²) in [4.78, 5) is 10.4.